The number of carbonyl (C=O) groups excluding carboxylic acids is 3. The molecule has 0 bridgehead atoms. The number of hydrogen-bond acceptors (Lipinski definition) is 9. The van der Waals surface area contributed by atoms with Gasteiger partial charge in [0, 0.05) is 39.0 Å². The van der Waals surface area contributed by atoms with Crippen LogP contribution in [0.25, 0.3) is 0 Å². The summed E-state index contributed by atoms with van der Waals surface area (Å²) in [6.07, 6.45) is 3.51. The lowest BCUT2D eigenvalue weighted by molar-refractivity contribution is -0.129. The lowest BCUT2D eigenvalue weighted by Gasteiger charge is -2.18. The Kier molecular flexibility index (Phi) is 17.4. The van der Waals surface area contributed by atoms with Gasteiger partial charge in [0.15, 0.2) is 5.78 Å². The summed E-state index contributed by atoms with van der Waals surface area (Å²) in [5, 5.41) is 12.1. The molecule has 1 rings (SSSR count). The highest BCUT2D eigenvalue weighted by Gasteiger charge is 2.24. The zero-order chi connectivity index (χ0) is 26.6. The van der Waals surface area contributed by atoms with E-state index in [1.165, 1.54) is 0 Å². The van der Waals surface area contributed by atoms with Crippen molar-refractivity contribution in [3.63, 3.8) is 0 Å². The van der Waals surface area contributed by atoms with Crippen LogP contribution in [0.3, 0.4) is 0 Å². The summed E-state index contributed by atoms with van der Waals surface area (Å²) in [4.78, 5) is 37.0. The number of Topliss-reactive ketones (excluding diaryl/α,β-unsaturated/α-hetero) is 2. The fourth-order valence-corrected chi connectivity index (χ4v) is 3.59. The normalized spacial score (nSPS) is 12.8. The number of ketones is 2. The SMILES string of the molecule is COCCNC(=O)COCCOCCCC(=O)[C@H](CCCCN)CC(=O)[C@@H](N)Cc1ccc(O)cc1. The lowest BCUT2D eigenvalue weighted by Crippen LogP contribution is -2.35. The molecule has 0 spiro atoms. The molecule has 0 saturated carbocycles. The number of rotatable bonds is 22. The Morgan fingerprint density at radius 3 is 2.39 bits per heavy atom. The summed E-state index contributed by atoms with van der Waals surface area (Å²) in [7, 11) is 1.56. The summed E-state index contributed by atoms with van der Waals surface area (Å²) >= 11 is 0. The summed E-state index contributed by atoms with van der Waals surface area (Å²) in [5.74, 6) is -0.550. The molecule has 10 heteroatoms. The second kappa shape index (κ2) is 19.8. The third-order valence-electron chi connectivity index (χ3n) is 5.66. The average Bonchev–Trinajstić information content (AvgIpc) is 2.86. The Bertz CT molecular complexity index is 758. The highest BCUT2D eigenvalue weighted by atomic mass is 16.5. The van der Waals surface area contributed by atoms with Crippen molar-refractivity contribution in [2.45, 2.75) is 51.0 Å². The number of nitrogens with two attached hydrogens (primary N) is 2. The van der Waals surface area contributed by atoms with Crippen LogP contribution in [0, 0.1) is 5.92 Å². The first kappa shape index (κ1) is 31.7. The summed E-state index contributed by atoms with van der Waals surface area (Å²) in [6, 6.07) is 5.87. The Hall–Kier alpha value is -2.37. The Balaban J connectivity index is 2.33. The number of amides is 1. The number of carbonyl (C=O) groups is 3. The van der Waals surface area contributed by atoms with Gasteiger partial charge in [-0.2, -0.15) is 0 Å². The van der Waals surface area contributed by atoms with Crippen LogP contribution >= 0.6 is 0 Å². The Morgan fingerprint density at radius 2 is 1.69 bits per heavy atom. The number of methoxy groups -OCH3 is 1. The first-order valence-electron chi connectivity index (χ1n) is 12.6. The number of benzene rings is 1. The molecule has 204 valence electrons. The van der Waals surface area contributed by atoms with Crippen LogP contribution in [0.15, 0.2) is 24.3 Å². The van der Waals surface area contributed by atoms with Crippen molar-refractivity contribution in [3.05, 3.63) is 29.8 Å². The van der Waals surface area contributed by atoms with Crippen molar-refractivity contribution in [2.75, 3.05) is 53.2 Å². The number of aromatic hydroxyl groups is 1. The average molecular weight is 510 g/mol. The summed E-state index contributed by atoms with van der Waals surface area (Å²) < 4.78 is 15.6. The molecule has 0 aromatic heterocycles. The number of hydrogen-bond donors (Lipinski definition) is 4. The maximum absolute atomic E-state index is 12.8. The minimum absolute atomic E-state index is 0.0322. The second-order valence-corrected chi connectivity index (χ2v) is 8.71. The molecule has 0 aliphatic heterocycles. The molecule has 6 N–H and O–H groups in total. The van der Waals surface area contributed by atoms with Crippen LogP contribution in [0.2, 0.25) is 0 Å². The fourth-order valence-electron chi connectivity index (χ4n) is 3.59. The molecule has 0 aliphatic rings. The van der Waals surface area contributed by atoms with Crippen LogP contribution in [0.1, 0.15) is 44.1 Å². The van der Waals surface area contributed by atoms with E-state index in [-0.39, 0.29) is 48.8 Å². The first-order chi connectivity index (χ1) is 17.4. The molecule has 36 heavy (non-hydrogen) atoms. The van der Waals surface area contributed by atoms with Gasteiger partial charge in [-0.05, 0) is 49.9 Å². The highest BCUT2D eigenvalue weighted by molar-refractivity contribution is 5.90. The molecule has 0 fully saturated rings. The molecular formula is C26H43N3O7. The highest BCUT2D eigenvalue weighted by Crippen LogP contribution is 2.19. The van der Waals surface area contributed by atoms with E-state index in [0.29, 0.717) is 58.6 Å². The van der Waals surface area contributed by atoms with E-state index in [1.54, 1.807) is 31.4 Å². The van der Waals surface area contributed by atoms with Gasteiger partial charge < -0.3 is 36.1 Å². The third-order valence-corrected chi connectivity index (χ3v) is 5.66. The van der Waals surface area contributed by atoms with Gasteiger partial charge in [0.25, 0.3) is 0 Å². The Labute approximate surface area is 214 Å². The van der Waals surface area contributed by atoms with E-state index in [1.807, 2.05) is 0 Å². The topological polar surface area (TPSA) is 163 Å². The molecule has 1 amide bonds. The van der Waals surface area contributed by atoms with Crippen molar-refractivity contribution >= 4 is 17.5 Å². The maximum atomic E-state index is 12.8. The molecule has 0 heterocycles. The zero-order valence-electron chi connectivity index (χ0n) is 21.4. The van der Waals surface area contributed by atoms with Gasteiger partial charge in [-0.1, -0.05) is 18.6 Å². The van der Waals surface area contributed by atoms with E-state index >= 15 is 0 Å². The lowest BCUT2D eigenvalue weighted by atomic mass is 9.87. The van der Waals surface area contributed by atoms with E-state index in [4.69, 9.17) is 25.7 Å². The van der Waals surface area contributed by atoms with Crippen molar-refractivity contribution in [1.29, 1.82) is 0 Å². The molecule has 0 saturated heterocycles. The minimum Gasteiger partial charge on any atom is -0.508 e. The molecule has 0 unspecified atom stereocenters. The van der Waals surface area contributed by atoms with E-state index < -0.39 is 6.04 Å². The van der Waals surface area contributed by atoms with Crippen LogP contribution in [-0.4, -0.2) is 81.9 Å². The number of nitrogens with one attached hydrogen (secondary N) is 1. The Morgan fingerprint density at radius 1 is 0.972 bits per heavy atom. The summed E-state index contributed by atoms with van der Waals surface area (Å²) in [6.45, 7) is 2.37. The smallest absolute Gasteiger partial charge is 0.246 e. The van der Waals surface area contributed by atoms with Crippen molar-refractivity contribution < 1.29 is 33.7 Å². The fraction of sp³-hybridized carbons (Fsp3) is 0.654. The van der Waals surface area contributed by atoms with Crippen LogP contribution in [-0.2, 0) is 35.0 Å². The maximum Gasteiger partial charge on any atom is 0.246 e. The number of phenolic OH excluding ortho intramolecular Hbond substituents is 1. The van der Waals surface area contributed by atoms with E-state index in [0.717, 1.165) is 18.4 Å². The van der Waals surface area contributed by atoms with Gasteiger partial charge in [0.2, 0.25) is 5.91 Å². The van der Waals surface area contributed by atoms with Crippen LogP contribution < -0.4 is 16.8 Å². The largest absolute Gasteiger partial charge is 0.508 e. The molecule has 1 aromatic rings. The predicted octanol–water partition coefficient (Wildman–Crippen LogP) is 1.11. The molecule has 1 aromatic carbocycles. The number of phenols is 1. The van der Waals surface area contributed by atoms with Gasteiger partial charge in [-0.25, -0.2) is 0 Å². The number of unbranched alkanes of at least 4 members (excludes halogenated alkanes) is 1. The molecule has 2 atom stereocenters. The van der Waals surface area contributed by atoms with Crippen molar-refractivity contribution in [1.82, 2.24) is 5.32 Å². The molecule has 0 aliphatic carbocycles. The van der Waals surface area contributed by atoms with E-state index in [2.05, 4.69) is 5.32 Å². The standard InChI is InChI=1S/C26H43N3O7/c1-34-14-12-29-26(33)19-36-16-15-35-13-4-6-24(31)21(5-2-3-11-27)18-25(32)23(28)17-20-7-9-22(30)10-8-20/h7-10,21,23,30H,2-6,11-19,27-28H2,1H3,(H,29,33)/t21-,23+/m1/s1. The van der Waals surface area contributed by atoms with Gasteiger partial charge in [0.1, 0.15) is 18.1 Å². The van der Waals surface area contributed by atoms with Crippen LogP contribution in [0.5, 0.6) is 5.75 Å². The van der Waals surface area contributed by atoms with Crippen LogP contribution in [0.4, 0.5) is 0 Å². The predicted molar refractivity (Wildman–Crippen MR) is 137 cm³/mol. The van der Waals surface area contributed by atoms with Gasteiger partial charge in [-0.15, -0.1) is 0 Å². The quantitative estimate of drug-likeness (QED) is 0.168. The summed E-state index contributed by atoms with van der Waals surface area (Å²) in [5.41, 5.74) is 12.6. The van der Waals surface area contributed by atoms with Gasteiger partial charge >= 0.3 is 0 Å². The van der Waals surface area contributed by atoms with Crippen molar-refractivity contribution in [3.8, 4) is 5.75 Å². The third kappa shape index (κ3) is 14.9. The number of ether oxygens (including phenoxy) is 3. The van der Waals surface area contributed by atoms with E-state index in [9.17, 15) is 19.5 Å². The molecule has 0 radical (unpaired) electrons. The first-order valence-corrected chi connectivity index (χ1v) is 12.6. The monoisotopic (exact) mass is 509 g/mol. The van der Waals surface area contributed by atoms with Crippen molar-refractivity contribution in [2.24, 2.45) is 17.4 Å². The molecular weight excluding hydrogens is 466 g/mol. The second-order valence-electron chi connectivity index (χ2n) is 8.71. The van der Waals surface area contributed by atoms with Gasteiger partial charge in [-0.3, -0.25) is 14.4 Å². The minimum atomic E-state index is -0.704. The molecule has 10 nitrogen and oxygen atoms in total. The van der Waals surface area contributed by atoms with Gasteiger partial charge in [0.05, 0.1) is 25.9 Å². The zero-order valence-corrected chi connectivity index (χ0v) is 21.4.